The number of nitrogens with one attached hydrogen (secondary N) is 1. The topological polar surface area (TPSA) is 21.3 Å². The SMILES string of the molecule is CC1(C)C=C(SCc2cccc(F)c2F)NO1. The van der Waals surface area contributed by atoms with Crippen LogP contribution in [0.1, 0.15) is 19.4 Å². The maximum atomic E-state index is 13.4. The maximum absolute atomic E-state index is 13.4. The average molecular weight is 257 g/mol. The third-order valence-corrected chi connectivity index (χ3v) is 3.28. The maximum Gasteiger partial charge on any atom is 0.162 e. The first kappa shape index (κ1) is 12.4. The van der Waals surface area contributed by atoms with E-state index in [1.807, 2.05) is 19.9 Å². The van der Waals surface area contributed by atoms with Crippen LogP contribution >= 0.6 is 11.8 Å². The Bertz CT molecular complexity index is 460. The molecule has 0 spiro atoms. The van der Waals surface area contributed by atoms with E-state index in [1.54, 1.807) is 6.07 Å². The minimum atomic E-state index is -0.812. The van der Waals surface area contributed by atoms with Crippen LogP contribution in [0.4, 0.5) is 8.78 Å². The van der Waals surface area contributed by atoms with Crippen molar-refractivity contribution < 1.29 is 13.6 Å². The number of thioether (sulfide) groups is 1. The third-order valence-electron chi connectivity index (χ3n) is 2.31. The van der Waals surface area contributed by atoms with Crippen LogP contribution in [-0.2, 0) is 10.6 Å². The molecule has 0 aromatic heterocycles. The van der Waals surface area contributed by atoms with Gasteiger partial charge in [-0.15, -0.1) is 11.8 Å². The van der Waals surface area contributed by atoms with Gasteiger partial charge in [0.2, 0.25) is 0 Å². The second kappa shape index (κ2) is 4.66. The zero-order valence-electron chi connectivity index (χ0n) is 9.59. The summed E-state index contributed by atoms with van der Waals surface area (Å²) < 4.78 is 26.3. The van der Waals surface area contributed by atoms with Gasteiger partial charge in [-0.1, -0.05) is 12.1 Å². The summed E-state index contributed by atoms with van der Waals surface area (Å²) in [5.74, 6) is -1.23. The molecule has 5 heteroatoms. The molecule has 0 amide bonds. The summed E-state index contributed by atoms with van der Waals surface area (Å²) in [5, 5.41) is 0.818. The van der Waals surface area contributed by atoms with Crippen molar-refractivity contribution in [2.24, 2.45) is 0 Å². The predicted molar refractivity (Wildman–Crippen MR) is 64.0 cm³/mol. The number of rotatable bonds is 3. The Morgan fingerprint density at radius 3 is 2.76 bits per heavy atom. The summed E-state index contributed by atoms with van der Waals surface area (Å²) in [7, 11) is 0. The lowest BCUT2D eigenvalue weighted by Gasteiger charge is -2.11. The standard InChI is InChI=1S/C12H13F2NOS/c1-12(2)6-10(15-16-12)17-7-8-4-3-5-9(13)11(8)14/h3-6,15H,7H2,1-2H3. The van der Waals surface area contributed by atoms with Crippen molar-refractivity contribution in [3.8, 4) is 0 Å². The molecular formula is C12H13F2NOS. The largest absolute Gasteiger partial charge is 0.265 e. The molecule has 1 N–H and O–H groups in total. The van der Waals surface area contributed by atoms with Crippen molar-refractivity contribution >= 4 is 11.8 Å². The van der Waals surface area contributed by atoms with Gasteiger partial charge in [-0.2, -0.15) is 0 Å². The second-order valence-corrected chi connectivity index (χ2v) is 5.33. The van der Waals surface area contributed by atoms with Crippen LogP contribution in [0.25, 0.3) is 0 Å². The minimum absolute atomic E-state index is 0.349. The van der Waals surface area contributed by atoms with Gasteiger partial charge in [-0.3, -0.25) is 10.3 Å². The molecule has 0 saturated heterocycles. The molecule has 0 bridgehead atoms. The van der Waals surface area contributed by atoms with Gasteiger partial charge in [-0.05, 0) is 26.0 Å². The molecule has 1 aliphatic rings. The highest BCUT2D eigenvalue weighted by Crippen LogP contribution is 2.29. The van der Waals surface area contributed by atoms with Crippen molar-refractivity contribution in [1.82, 2.24) is 5.48 Å². The van der Waals surface area contributed by atoms with E-state index in [4.69, 9.17) is 4.84 Å². The zero-order valence-corrected chi connectivity index (χ0v) is 10.4. The highest BCUT2D eigenvalue weighted by molar-refractivity contribution is 8.02. The molecule has 17 heavy (non-hydrogen) atoms. The highest BCUT2D eigenvalue weighted by Gasteiger charge is 2.24. The Labute approximate surface area is 103 Å². The lowest BCUT2D eigenvalue weighted by atomic mass is 10.1. The van der Waals surface area contributed by atoms with Crippen LogP contribution in [0.3, 0.4) is 0 Å². The molecule has 1 aliphatic heterocycles. The van der Waals surface area contributed by atoms with Crippen molar-refractivity contribution in [1.29, 1.82) is 0 Å². The van der Waals surface area contributed by atoms with E-state index >= 15 is 0 Å². The molecular weight excluding hydrogens is 244 g/mol. The van der Waals surface area contributed by atoms with E-state index in [9.17, 15) is 8.78 Å². The first-order valence-electron chi connectivity index (χ1n) is 5.20. The van der Waals surface area contributed by atoms with Gasteiger partial charge >= 0.3 is 0 Å². The minimum Gasteiger partial charge on any atom is -0.265 e. The number of hydrogen-bond donors (Lipinski definition) is 1. The fraction of sp³-hybridized carbons (Fsp3) is 0.333. The van der Waals surface area contributed by atoms with Crippen LogP contribution in [0.2, 0.25) is 0 Å². The van der Waals surface area contributed by atoms with E-state index in [-0.39, 0.29) is 5.60 Å². The van der Waals surface area contributed by atoms with Crippen molar-refractivity contribution in [2.45, 2.75) is 25.2 Å². The number of benzene rings is 1. The highest BCUT2D eigenvalue weighted by atomic mass is 32.2. The molecule has 1 aromatic carbocycles. The van der Waals surface area contributed by atoms with Gasteiger partial charge in [0, 0.05) is 11.3 Å². The van der Waals surface area contributed by atoms with Gasteiger partial charge < -0.3 is 0 Å². The van der Waals surface area contributed by atoms with Gasteiger partial charge in [0.1, 0.15) is 5.60 Å². The summed E-state index contributed by atoms with van der Waals surface area (Å²) in [4.78, 5) is 5.26. The van der Waals surface area contributed by atoms with E-state index in [1.165, 1.54) is 17.8 Å². The first-order chi connectivity index (χ1) is 7.98. The molecule has 2 nitrogen and oxygen atoms in total. The Kier molecular flexibility index (Phi) is 3.40. The number of hydroxylamine groups is 1. The monoisotopic (exact) mass is 257 g/mol. The molecule has 0 fully saturated rings. The lowest BCUT2D eigenvalue weighted by molar-refractivity contribution is -0.0126. The summed E-state index contributed by atoms with van der Waals surface area (Å²) in [6.07, 6.45) is 1.91. The Morgan fingerprint density at radius 1 is 1.35 bits per heavy atom. The second-order valence-electron chi connectivity index (χ2n) is 4.32. The summed E-state index contributed by atoms with van der Waals surface area (Å²) in [6.45, 7) is 3.83. The van der Waals surface area contributed by atoms with Gasteiger partial charge in [0.25, 0.3) is 0 Å². The first-order valence-corrected chi connectivity index (χ1v) is 6.19. The molecule has 1 aromatic rings. The van der Waals surface area contributed by atoms with E-state index in [2.05, 4.69) is 5.48 Å². The van der Waals surface area contributed by atoms with Crippen LogP contribution in [0, 0.1) is 11.6 Å². The number of halogens is 2. The van der Waals surface area contributed by atoms with E-state index in [0.717, 1.165) is 11.1 Å². The summed E-state index contributed by atoms with van der Waals surface area (Å²) >= 11 is 1.38. The molecule has 0 aliphatic carbocycles. The van der Waals surface area contributed by atoms with Crippen molar-refractivity contribution in [3.05, 3.63) is 46.5 Å². The Morgan fingerprint density at radius 2 is 2.12 bits per heavy atom. The fourth-order valence-corrected chi connectivity index (χ4v) is 2.44. The molecule has 0 radical (unpaired) electrons. The van der Waals surface area contributed by atoms with Crippen LogP contribution in [-0.4, -0.2) is 5.60 Å². The average Bonchev–Trinajstić information content (AvgIpc) is 2.61. The molecule has 92 valence electrons. The van der Waals surface area contributed by atoms with Gasteiger partial charge in [0.05, 0.1) is 5.03 Å². The lowest BCUT2D eigenvalue weighted by Crippen LogP contribution is -2.20. The Balaban J connectivity index is 2.02. The van der Waals surface area contributed by atoms with Crippen molar-refractivity contribution in [3.63, 3.8) is 0 Å². The van der Waals surface area contributed by atoms with Crippen LogP contribution in [0.15, 0.2) is 29.3 Å². The molecule has 0 atom stereocenters. The quantitative estimate of drug-likeness (QED) is 0.897. The van der Waals surface area contributed by atoms with Gasteiger partial charge in [0.15, 0.2) is 11.6 Å². The molecule has 2 rings (SSSR count). The van der Waals surface area contributed by atoms with E-state index in [0.29, 0.717) is 11.3 Å². The Hall–Kier alpha value is -1.07. The molecule has 0 unspecified atom stereocenters. The number of hydrogen-bond acceptors (Lipinski definition) is 3. The third kappa shape index (κ3) is 2.98. The summed E-state index contributed by atoms with van der Waals surface area (Å²) in [6, 6.07) is 4.20. The molecule has 0 saturated carbocycles. The van der Waals surface area contributed by atoms with Crippen LogP contribution in [0.5, 0.6) is 0 Å². The smallest absolute Gasteiger partial charge is 0.162 e. The normalized spacial score (nSPS) is 17.8. The fourth-order valence-electron chi connectivity index (χ4n) is 1.44. The van der Waals surface area contributed by atoms with E-state index < -0.39 is 11.6 Å². The zero-order chi connectivity index (χ0) is 12.5. The van der Waals surface area contributed by atoms with Crippen LogP contribution < -0.4 is 5.48 Å². The predicted octanol–water partition coefficient (Wildman–Crippen LogP) is 3.35. The van der Waals surface area contributed by atoms with Gasteiger partial charge in [-0.25, -0.2) is 8.78 Å². The molecule has 1 heterocycles. The summed E-state index contributed by atoms with van der Waals surface area (Å²) in [5.41, 5.74) is 2.75. The van der Waals surface area contributed by atoms with Crippen molar-refractivity contribution in [2.75, 3.05) is 0 Å².